The summed E-state index contributed by atoms with van der Waals surface area (Å²) in [7, 11) is 2.00. The summed E-state index contributed by atoms with van der Waals surface area (Å²) in [5.74, 6) is -0.179. The van der Waals surface area contributed by atoms with Crippen LogP contribution in [0, 0.1) is 18.3 Å². The van der Waals surface area contributed by atoms with Crippen molar-refractivity contribution in [2.24, 2.45) is 0 Å². The van der Waals surface area contributed by atoms with Crippen LogP contribution in [0.5, 0.6) is 0 Å². The lowest BCUT2D eigenvalue weighted by Crippen LogP contribution is -2.32. The number of hydrogen-bond acceptors (Lipinski definition) is 4. The van der Waals surface area contributed by atoms with Crippen LogP contribution in [0.3, 0.4) is 0 Å². The van der Waals surface area contributed by atoms with Gasteiger partial charge in [0, 0.05) is 25.2 Å². The molecule has 0 fully saturated rings. The Morgan fingerprint density at radius 2 is 2.04 bits per heavy atom. The summed E-state index contributed by atoms with van der Waals surface area (Å²) in [4.78, 5) is 21.1. The molecule has 1 amide bonds. The van der Waals surface area contributed by atoms with Crippen molar-refractivity contribution >= 4 is 28.9 Å². The minimum absolute atomic E-state index is 0.179. The Morgan fingerprint density at radius 3 is 2.75 bits per heavy atom. The van der Waals surface area contributed by atoms with Crippen LogP contribution in [0.25, 0.3) is 0 Å². The van der Waals surface area contributed by atoms with Crippen LogP contribution >= 0.6 is 11.6 Å². The zero-order chi connectivity index (χ0) is 17.3. The maximum Gasteiger partial charge on any atom is 0.276 e. The largest absolute Gasteiger partial charge is 0.373 e. The predicted octanol–water partition coefficient (Wildman–Crippen LogP) is 3.40. The molecule has 1 aliphatic heterocycles. The zero-order valence-electron chi connectivity index (χ0n) is 13.6. The first-order valence-corrected chi connectivity index (χ1v) is 8.09. The van der Waals surface area contributed by atoms with E-state index in [1.54, 1.807) is 24.0 Å². The molecule has 0 unspecified atom stereocenters. The monoisotopic (exact) mass is 340 g/mol. The molecular formula is C18H17ClN4O. The lowest BCUT2D eigenvalue weighted by molar-refractivity contribution is 0.0982. The first-order valence-electron chi connectivity index (χ1n) is 7.71. The molecule has 2 heterocycles. The Bertz CT molecular complexity index is 843. The number of carbonyl (C=O) groups is 1. The van der Waals surface area contributed by atoms with Crippen LogP contribution in [-0.2, 0) is 0 Å². The first kappa shape index (κ1) is 16.3. The fraction of sp³-hybridized carbons (Fsp3) is 0.278. The van der Waals surface area contributed by atoms with E-state index in [-0.39, 0.29) is 5.91 Å². The molecule has 1 aromatic carbocycles. The number of nitrogens with zero attached hydrogens (tertiary/aromatic N) is 4. The highest BCUT2D eigenvalue weighted by molar-refractivity contribution is 6.31. The quantitative estimate of drug-likeness (QED) is 0.798. The number of amides is 1. The van der Waals surface area contributed by atoms with E-state index in [2.05, 4.69) is 16.0 Å². The second-order valence-corrected chi connectivity index (χ2v) is 6.24. The molecule has 0 aliphatic carbocycles. The van der Waals surface area contributed by atoms with E-state index in [4.69, 9.17) is 16.9 Å². The van der Waals surface area contributed by atoms with E-state index >= 15 is 0 Å². The third-order valence-corrected chi connectivity index (χ3v) is 4.42. The number of carbonyl (C=O) groups excluding carboxylic acids is 1. The Labute approximate surface area is 146 Å². The molecule has 0 bridgehead atoms. The number of benzene rings is 1. The van der Waals surface area contributed by atoms with Crippen molar-refractivity contribution < 1.29 is 4.79 Å². The average Bonchev–Trinajstić information content (AvgIpc) is 2.73. The highest BCUT2D eigenvalue weighted by Gasteiger charge is 2.25. The summed E-state index contributed by atoms with van der Waals surface area (Å²) in [6.45, 7) is 3.19. The number of hydrogen-bond donors (Lipinski definition) is 0. The zero-order valence-corrected chi connectivity index (χ0v) is 14.3. The van der Waals surface area contributed by atoms with E-state index in [9.17, 15) is 4.79 Å². The van der Waals surface area contributed by atoms with Gasteiger partial charge in [-0.25, -0.2) is 4.98 Å². The minimum Gasteiger partial charge on any atom is -0.373 e. The number of aromatic nitrogens is 1. The summed E-state index contributed by atoms with van der Waals surface area (Å²) >= 11 is 6.15. The summed E-state index contributed by atoms with van der Waals surface area (Å²) in [6.07, 6.45) is 0.851. The van der Waals surface area contributed by atoms with Crippen molar-refractivity contribution in [2.75, 3.05) is 29.9 Å². The number of anilines is 2. The number of fused-ring (bicyclic) bond motifs is 1. The maximum absolute atomic E-state index is 13.0. The molecule has 0 saturated heterocycles. The lowest BCUT2D eigenvalue weighted by atomic mass is 10.1. The van der Waals surface area contributed by atoms with Gasteiger partial charge >= 0.3 is 0 Å². The van der Waals surface area contributed by atoms with E-state index in [0.29, 0.717) is 28.5 Å². The van der Waals surface area contributed by atoms with Crippen LogP contribution in [0.15, 0.2) is 30.3 Å². The van der Waals surface area contributed by atoms with Crippen molar-refractivity contribution in [3.05, 3.63) is 52.3 Å². The van der Waals surface area contributed by atoms with Crippen molar-refractivity contribution in [3.8, 4) is 6.07 Å². The molecule has 122 valence electrons. The number of halogens is 1. The molecule has 5 nitrogen and oxygen atoms in total. The van der Waals surface area contributed by atoms with Gasteiger partial charge in [-0.1, -0.05) is 11.6 Å². The van der Waals surface area contributed by atoms with Crippen molar-refractivity contribution in [1.82, 2.24) is 4.98 Å². The van der Waals surface area contributed by atoms with Crippen molar-refractivity contribution in [3.63, 3.8) is 0 Å². The first-order chi connectivity index (χ1) is 11.5. The van der Waals surface area contributed by atoms with Gasteiger partial charge in [0.2, 0.25) is 0 Å². The topological polar surface area (TPSA) is 60.2 Å². The molecule has 0 saturated carbocycles. The molecule has 0 N–H and O–H groups in total. The second-order valence-electron chi connectivity index (χ2n) is 5.81. The van der Waals surface area contributed by atoms with Gasteiger partial charge in [-0.15, -0.1) is 0 Å². The van der Waals surface area contributed by atoms with Gasteiger partial charge < -0.3 is 9.80 Å². The summed E-state index contributed by atoms with van der Waals surface area (Å²) < 4.78 is 0. The molecule has 6 heteroatoms. The third-order valence-electron chi connectivity index (χ3n) is 4.19. The second kappa shape index (κ2) is 6.50. The predicted molar refractivity (Wildman–Crippen MR) is 94.7 cm³/mol. The van der Waals surface area contributed by atoms with E-state index < -0.39 is 0 Å². The van der Waals surface area contributed by atoms with Gasteiger partial charge in [-0.2, -0.15) is 5.26 Å². The third kappa shape index (κ3) is 2.93. The van der Waals surface area contributed by atoms with Gasteiger partial charge in [0.25, 0.3) is 5.91 Å². The lowest BCUT2D eigenvalue weighted by Gasteiger charge is -2.24. The maximum atomic E-state index is 13.0. The van der Waals surface area contributed by atoms with Crippen molar-refractivity contribution in [2.45, 2.75) is 13.3 Å². The van der Waals surface area contributed by atoms with Crippen molar-refractivity contribution in [1.29, 1.82) is 5.26 Å². The minimum atomic E-state index is -0.179. The normalized spacial score (nSPS) is 13.9. The van der Waals surface area contributed by atoms with Crippen LogP contribution in [-0.4, -0.2) is 31.0 Å². The van der Waals surface area contributed by atoms with Crippen LogP contribution in [0.2, 0.25) is 5.02 Å². The highest BCUT2D eigenvalue weighted by Crippen LogP contribution is 2.34. The Morgan fingerprint density at radius 1 is 1.25 bits per heavy atom. The Hall–Kier alpha value is -2.58. The van der Waals surface area contributed by atoms with E-state index in [1.165, 1.54) is 0 Å². The van der Waals surface area contributed by atoms with Crippen LogP contribution < -0.4 is 9.80 Å². The summed E-state index contributed by atoms with van der Waals surface area (Å²) in [6, 6.07) is 10.9. The molecule has 0 atom stereocenters. The molecular weight excluding hydrogens is 324 g/mol. The highest BCUT2D eigenvalue weighted by atomic mass is 35.5. The van der Waals surface area contributed by atoms with Crippen LogP contribution in [0.1, 0.15) is 28.2 Å². The average molecular weight is 341 g/mol. The molecule has 0 spiro atoms. The van der Waals surface area contributed by atoms with E-state index in [0.717, 1.165) is 24.3 Å². The molecule has 2 aromatic rings. The molecule has 24 heavy (non-hydrogen) atoms. The number of rotatable bonds is 1. The summed E-state index contributed by atoms with van der Waals surface area (Å²) in [5, 5.41) is 9.61. The standard InChI is InChI=1S/C18H17ClN4O/c1-12-13(11-20)4-6-15(21-12)18(24)23-9-3-8-22(2)16-7-5-14(19)10-17(16)23/h4-7,10H,3,8-9H2,1-2H3. The smallest absolute Gasteiger partial charge is 0.276 e. The Kier molecular flexibility index (Phi) is 4.41. The molecule has 1 aromatic heterocycles. The van der Waals surface area contributed by atoms with E-state index in [1.807, 2.05) is 25.2 Å². The molecule has 1 aliphatic rings. The number of aryl methyl sites for hydroxylation is 1. The fourth-order valence-electron chi connectivity index (χ4n) is 2.89. The number of pyridine rings is 1. The molecule has 0 radical (unpaired) electrons. The molecule has 3 rings (SSSR count). The van der Waals surface area contributed by atoms with Gasteiger partial charge in [0.15, 0.2) is 0 Å². The van der Waals surface area contributed by atoms with Gasteiger partial charge in [-0.05, 0) is 43.7 Å². The van der Waals surface area contributed by atoms with Gasteiger partial charge in [0.1, 0.15) is 11.8 Å². The summed E-state index contributed by atoms with van der Waals surface area (Å²) in [5.41, 5.74) is 3.13. The van der Waals surface area contributed by atoms with Gasteiger partial charge in [-0.3, -0.25) is 4.79 Å². The Balaban J connectivity index is 2.04. The van der Waals surface area contributed by atoms with Gasteiger partial charge in [0.05, 0.1) is 22.6 Å². The van der Waals surface area contributed by atoms with Crippen LogP contribution in [0.4, 0.5) is 11.4 Å². The number of nitriles is 1. The SMILES string of the molecule is Cc1nc(C(=O)N2CCCN(C)c3ccc(Cl)cc32)ccc1C#N. The fourth-order valence-corrected chi connectivity index (χ4v) is 3.06.